The van der Waals surface area contributed by atoms with Gasteiger partial charge in [0.15, 0.2) is 7.98 Å². The van der Waals surface area contributed by atoms with Crippen molar-refractivity contribution in [1.29, 1.82) is 0 Å². The summed E-state index contributed by atoms with van der Waals surface area (Å²) in [6.07, 6.45) is 2.10. The van der Waals surface area contributed by atoms with E-state index in [1.54, 1.807) is 0 Å². The van der Waals surface area contributed by atoms with Gasteiger partial charge in [-0.2, -0.15) is 0 Å². The highest BCUT2D eigenvalue weighted by Crippen LogP contribution is 2.42. The van der Waals surface area contributed by atoms with Gasteiger partial charge in [-0.1, -0.05) is 24.3 Å². The summed E-state index contributed by atoms with van der Waals surface area (Å²) in [6, 6.07) is 16.5. The van der Waals surface area contributed by atoms with Crippen LogP contribution in [0.1, 0.15) is 36.1 Å². The summed E-state index contributed by atoms with van der Waals surface area (Å²) in [5, 5.41) is 0. The fraction of sp³-hybridized carbons (Fsp3) is 0.250. The van der Waals surface area contributed by atoms with Gasteiger partial charge in [-0.3, -0.25) is 0 Å². The van der Waals surface area contributed by atoms with Gasteiger partial charge >= 0.3 is 0 Å². The maximum atomic E-state index is 6.33. The van der Waals surface area contributed by atoms with E-state index in [0.717, 1.165) is 24.2 Å². The largest absolute Gasteiger partial charge is 0.399 e. The Morgan fingerprint density at radius 2 is 1.10 bits per heavy atom. The Hall–Kier alpha value is -1.94. The van der Waals surface area contributed by atoms with Crippen molar-refractivity contribution in [2.45, 2.75) is 24.9 Å². The highest BCUT2D eigenvalue weighted by atomic mass is 15.1. The standard InChI is InChI=1S/C16H18BN3/c17-20-15(11-1-5-13(18)6-2-11)9-10-16(20)12-3-7-14(19)8-4-12/h1-8,15-16H,9-10,18-19H2. The van der Waals surface area contributed by atoms with Gasteiger partial charge in [0.05, 0.1) is 0 Å². The quantitative estimate of drug-likeness (QED) is 0.647. The molecule has 0 spiro atoms. The third-order valence-corrected chi connectivity index (χ3v) is 4.08. The zero-order valence-corrected chi connectivity index (χ0v) is 11.4. The molecule has 3 rings (SSSR count). The van der Waals surface area contributed by atoms with Crippen LogP contribution in [0.15, 0.2) is 48.5 Å². The molecule has 4 N–H and O–H groups in total. The van der Waals surface area contributed by atoms with Crippen molar-refractivity contribution in [2.75, 3.05) is 11.5 Å². The molecule has 2 unspecified atom stereocenters. The summed E-state index contributed by atoms with van der Waals surface area (Å²) in [7, 11) is 6.33. The minimum atomic E-state index is 0.248. The number of hydrogen-bond donors (Lipinski definition) is 2. The average molecular weight is 263 g/mol. The molecule has 1 aliphatic heterocycles. The first-order chi connectivity index (χ1) is 9.65. The Balaban J connectivity index is 1.81. The second-order valence-electron chi connectivity index (χ2n) is 5.39. The molecular formula is C16H18BN3. The summed E-state index contributed by atoms with van der Waals surface area (Å²) in [4.78, 5) is 1.96. The van der Waals surface area contributed by atoms with Crippen LogP contribution in [0.4, 0.5) is 11.4 Å². The summed E-state index contributed by atoms with van der Waals surface area (Å²) < 4.78 is 0. The summed E-state index contributed by atoms with van der Waals surface area (Å²) in [6.45, 7) is 0. The number of nitrogen functional groups attached to an aromatic ring is 2. The number of benzene rings is 2. The molecule has 1 saturated heterocycles. The molecule has 2 aromatic rings. The lowest BCUT2D eigenvalue weighted by molar-refractivity contribution is 0.354. The lowest BCUT2D eigenvalue weighted by atomic mass is 10.0. The zero-order chi connectivity index (χ0) is 14.1. The van der Waals surface area contributed by atoms with E-state index in [-0.39, 0.29) is 12.1 Å². The molecule has 1 fully saturated rings. The summed E-state index contributed by atoms with van der Waals surface area (Å²) in [5.74, 6) is 0. The minimum Gasteiger partial charge on any atom is -0.399 e. The van der Waals surface area contributed by atoms with Gasteiger partial charge in [0.25, 0.3) is 0 Å². The van der Waals surface area contributed by atoms with E-state index in [1.165, 1.54) is 11.1 Å². The predicted molar refractivity (Wildman–Crippen MR) is 84.0 cm³/mol. The molecule has 4 heteroatoms. The molecule has 1 heterocycles. The average Bonchev–Trinajstić information content (AvgIpc) is 2.83. The Morgan fingerprint density at radius 3 is 1.45 bits per heavy atom. The van der Waals surface area contributed by atoms with Crippen LogP contribution >= 0.6 is 0 Å². The third-order valence-electron chi connectivity index (χ3n) is 4.08. The van der Waals surface area contributed by atoms with Crippen LogP contribution in [-0.4, -0.2) is 12.8 Å². The summed E-state index contributed by atoms with van der Waals surface area (Å²) in [5.41, 5.74) is 15.5. The van der Waals surface area contributed by atoms with Crippen LogP contribution < -0.4 is 11.5 Å². The molecule has 0 bridgehead atoms. The molecule has 3 nitrogen and oxygen atoms in total. The van der Waals surface area contributed by atoms with E-state index in [9.17, 15) is 0 Å². The number of nitrogens with two attached hydrogens (primary N) is 2. The van der Waals surface area contributed by atoms with Crippen LogP contribution in [0.2, 0.25) is 0 Å². The Morgan fingerprint density at radius 1 is 0.750 bits per heavy atom. The van der Waals surface area contributed by atoms with Gasteiger partial charge in [-0.25, -0.2) is 0 Å². The van der Waals surface area contributed by atoms with Gasteiger partial charge in [0.1, 0.15) is 0 Å². The van der Waals surface area contributed by atoms with Crippen LogP contribution in [0.5, 0.6) is 0 Å². The lowest BCUT2D eigenvalue weighted by Gasteiger charge is -2.27. The highest BCUT2D eigenvalue weighted by molar-refractivity contribution is 6.05. The van der Waals surface area contributed by atoms with Crippen LogP contribution in [0.25, 0.3) is 0 Å². The maximum Gasteiger partial charge on any atom is 0.184 e. The second-order valence-corrected chi connectivity index (χ2v) is 5.39. The van der Waals surface area contributed by atoms with Crippen molar-refractivity contribution < 1.29 is 0 Å². The Bertz CT molecular complexity index is 526. The molecule has 2 radical (unpaired) electrons. The normalized spacial score (nSPS) is 23.0. The highest BCUT2D eigenvalue weighted by Gasteiger charge is 2.31. The molecule has 0 aromatic heterocycles. The van der Waals surface area contributed by atoms with Gasteiger partial charge in [0, 0.05) is 23.5 Å². The first kappa shape index (κ1) is 13.1. The molecule has 1 aliphatic rings. The van der Waals surface area contributed by atoms with Crippen molar-refractivity contribution in [3.8, 4) is 0 Å². The monoisotopic (exact) mass is 263 g/mol. The van der Waals surface area contributed by atoms with Gasteiger partial charge in [-0.15, -0.1) is 0 Å². The molecule has 2 atom stereocenters. The first-order valence-electron chi connectivity index (χ1n) is 6.89. The van der Waals surface area contributed by atoms with Crippen LogP contribution in [-0.2, 0) is 0 Å². The number of anilines is 2. The molecule has 0 aliphatic carbocycles. The van der Waals surface area contributed by atoms with E-state index in [1.807, 2.05) is 29.1 Å². The SMILES string of the molecule is [B]N1C(c2ccc(N)cc2)CCC1c1ccc(N)cc1. The van der Waals surface area contributed by atoms with Crippen molar-refractivity contribution >= 4 is 19.4 Å². The van der Waals surface area contributed by atoms with Gasteiger partial charge < -0.3 is 16.3 Å². The molecule has 100 valence electrons. The van der Waals surface area contributed by atoms with E-state index < -0.39 is 0 Å². The number of hydrogen-bond acceptors (Lipinski definition) is 3. The van der Waals surface area contributed by atoms with Gasteiger partial charge in [-0.05, 0) is 48.2 Å². The second kappa shape index (κ2) is 5.21. The molecule has 20 heavy (non-hydrogen) atoms. The van der Waals surface area contributed by atoms with E-state index in [4.69, 9.17) is 19.4 Å². The van der Waals surface area contributed by atoms with Crippen molar-refractivity contribution in [3.05, 3.63) is 59.7 Å². The van der Waals surface area contributed by atoms with E-state index in [0.29, 0.717) is 0 Å². The van der Waals surface area contributed by atoms with Crippen molar-refractivity contribution in [1.82, 2.24) is 4.81 Å². The smallest absolute Gasteiger partial charge is 0.184 e. The van der Waals surface area contributed by atoms with Gasteiger partial charge in [0.2, 0.25) is 0 Å². The minimum absolute atomic E-state index is 0.248. The van der Waals surface area contributed by atoms with Crippen LogP contribution in [0, 0.1) is 0 Å². The Labute approximate surface area is 121 Å². The molecule has 0 saturated carbocycles. The topological polar surface area (TPSA) is 55.3 Å². The first-order valence-corrected chi connectivity index (χ1v) is 6.89. The third kappa shape index (κ3) is 2.39. The molecule has 2 aromatic carbocycles. The maximum absolute atomic E-state index is 6.33. The molecule has 0 amide bonds. The molecular weight excluding hydrogens is 245 g/mol. The predicted octanol–water partition coefficient (Wildman–Crippen LogP) is 2.81. The van der Waals surface area contributed by atoms with E-state index >= 15 is 0 Å². The fourth-order valence-corrected chi connectivity index (χ4v) is 2.95. The zero-order valence-electron chi connectivity index (χ0n) is 11.4. The van der Waals surface area contributed by atoms with Crippen molar-refractivity contribution in [3.63, 3.8) is 0 Å². The summed E-state index contributed by atoms with van der Waals surface area (Å²) >= 11 is 0. The van der Waals surface area contributed by atoms with Crippen molar-refractivity contribution in [2.24, 2.45) is 0 Å². The Kier molecular flexibility index (Phi) is 3.41. The number of rotatable bonds is 2. The fourth-order valence-electron chi connectivity index (χ4n) is 2.95. The lowest BCUT2D eigenvalue weighted by Crippen LogP contribution is -2.23. The van der Waals surface area contributed by atoms with E-state index in [2.05, 4.69) is 24.3 Å². The van der Waals surface area contributed by atoms with Crippen LogP contribution in [0.3, 0.4) is 0 Å². The number of nitrogens with zero attached hydrogens (tertiary/aromatic N) is 1.